The highest BCUT2D eigenvalue weighted by Crippen LogP contribution is 2.27. The number of halogens is 3. The first kappa shape index (κ1) is 14.5. The molecule has 0 unspecified atom stereocenters. The molecule has 0 atom stereocenters. The summed E-state index contributed by atoms with van der Waals surface area (Å²) in [6.45, 7) is 0. The van der Waals surface area contributed by atoms with Gasteiger partial charge in [0, 0.05) is 0 Å². The topological polar surface area (TPSA) is 63.0 Å². The van der Waals surface area contributed by atoms with Crippen molar-refractivity contribution in [2.75, 3.05) is 0 Å². The first-order valence-electron chi connectivity index (χ1n) is 2.93. The standard InChI is InChI=1S/C7H4BF3.2H2O/c8-6-3-1-5(2-4-6)7(9,10)11;;/h1-4H;2*1H2. The van der Waals surface area contributed by atoms with Crippen LogP contribution in [0.4, 0.5) is 13.2 Å². The van der Waals surface area contributed by atoms with Gasteiger partial charge in [-0.1, -0.05) is 29.7 Å². The Kier molecular flexibility index (Phi) is 5.45. The second-order valence-corrected chi connectivity index (χ2v) is 2.12. The normalized spacial score (nSPS) is 9.77. The van der Waals surface area contributed by atoms with Gasteiger partial charge >= 0.3 is 6.18 Å². The van der Waals surface area contributed by atoms with Gasteiger partial charge in [-0.15, -0.1) is 0 Å². The lowest BCUT2D eigenvalue weighted by molar-refractivity contribution is -0.137. The van der Waals surface area contributed by atoms with Crippen molar-refractivity contribution in [1.29, 1.82) is 0 Å². The van der Waals surface area contributed by atoms with Crippen LogP contribution >= 0.6 is 0 Å². The summed E-state index contributed by atoms with van der Waals surface area (Å²) in [4.78, 5) is 0. The smallest absolute Gasteiger partial charge is 0.412 e. The molecule has 6 heteroatoms. The number of alkyl halides is 3. The fourth-order valence-electron chi connectivity index (χ4n) is 0.672. The highest BCUT2D eigenvalue weighted by atomic mass is 19.4. The lowest BCUT2D eigenvalue weighted by atomic mass is 9.95. The van der Waals surface area contributed by atoms with Crippen LogP contribution in [0.5, 0.6) is 0 Å². The first-order valence-corrected chi connectivity index (χ1v) is 2.93. The molecule has 0 aliphatic heterocycles. The first-order chi connectivity index (χ1) is 5.00. The van der Waals surface area contributed by atoms with Gasteiger partial charge in [-0.25, -0.2) is 0 Å². The zero-order valence-corrected chi connectivity index (χ0v) is 6.52. The van der Waals surface area contributed by atoms with Crippen LogP contribution in [0.25, 0.3) is 0 Å². The fourth-order valence-corrected chi connectivity index (χ4v) is 0.672. The average Bonchev–Trinajstić information content (AvgIpc) is 1.86. The van der Waals surface area contributed by atoms with Crippen LogP contribution in [0.3, 0.4) is 0 Å². The molecule has 0 aliphatic rings. The van der Waals surface area contributed by atoms with E-state index >= 15 is 0 Å². The minimum absolute atomic E-state index is 0. The maximum absolute atomic E-state index is 11.9. The van der Waals surface area contributed by atoms with Gasteiger partial charge in [-0.3, -0.25) is 0 Å². The van der Waals surface area contributed by atoms with E-state index in [4.69, 9.17) is 7.85 Å². The van der Waals surface area contributed by atoms with Crippen molar-refractivity contribution in [3.8, 4) is 0 Å². The van der Waals surface area contributed by atoms with Crippen LogP contribution in [0.15, 0.2) is 24.3 Å². The van der Waals surface area contributed by atoms with Crippen molar-refractivity contribution in [2.24, 2.45) is 0 Å². The lowest BCUT2D eigenvalue weighted by Gasteiger charge is -2.05. The molecular weight excluding hydrogens is 184 g/mol. The third-order valence-electron chi connectivity index (χ3n) is 1.24. The Bertz CT molecular complexity index is 245. The molecule has 72 valence electrons. The van der Waals surface area contributed by atoms with Crippen molar-refractivity contribution < 1.29 is 24.1 Å². The van der Waals surface area contributed by atoms with Crippen molar-refractivity contribution in [1.82, 2.24) is 0 Å². The van der Waals surface area contributed by atoms with E-state index in [9.17, 15) is 13.2 Å². The van der Waals surface area contributed by atoms with Crippen LogP contribution in [0.2, 0.25) is 0 Å². The zero-order chi connectivity index (χ0) is 8.48. The summed E-state index contributed by atoms with van der Waals surface area (Å²) in [5.41, 5.74) is -0.343. The van der Waals surface area contributed by atoms with Crippen LogP contribution in [-0.4, -0.2) is 18.8 Å². The second kappa shape index (κ2) is 4.88. The van der Waals surface area contributed by atoms with Gasteiger partial charge in [-0.2, -0.15) is 13.2 Å². The summed E-state index contributed by atoms with van der Waals surface area (Å²) in [7, 11) is 5.20. The summed E-state index contributed by atoms with van der Waals surface area (Å²) in [6.07, 6.45) is -4.27. The van der Waals surface area contributed by atoms with Gasteiger partial charge in [0.2, 0.25) is 0 Å². The third-order valence-corrected chi connectivity index (χ3v) is 1.24. The number of benzene rings is 1. The third kappa shape index (κ3) is 3.96. The molecular formula is C7H8BF3O2. The minimum atomic E-state index is -4.27. The molecule has 2 nitrogen and oxygen atoms in total. The van der Waals surface area contributed by atoms with Gasteiger partial charge in [0.1, 0.15) is 7.85 Å². The van der Waals surface area contributed by atoms with Gasteiger partial charge < -0.3 is 11.0 Å². The molecule has 0 saturated carbocycles. The molecule has 0 spiro atoms. The molecule has 4 N–H and O–H groups in total. The van der Waals surface area contributed by atoms with E-state index < -0.39 is 11.7 Å². The summed E-state index contributed by atoms with van der Waals surface area (Å²) in [6, 6.07) is 4.36. The molecule has 0 fully saturated rings. The molecule has 0 saturated heterocycles. The Morgan fingerprint density at radius 2 is 1.31 bits per heavy atom. The Morgan fingerprint density at radius 1 is 0.923 bits per heavy atom. The molecule has 1 rings (SSSR count). The van der Waals surface area contributed by atoms with Crippen LogP contribution in [0.1, 0.15) is 5.56 Å². The zero-order valence-electron chi connectivity index (χ0n) is 6.52. The van der Waals surface area contributed by atoms with Gasteiger partial charge in [0.05, 0.1) is 5.56 Å². The Hall–Kier alpha value is -1.01. The number of hydrogen-bond donors (Lipinski definition) is 0. The number of hydrogen-bond acceptors (Lipinski definition) is 0. The molecule has 2 radical (unpaired) electrons. The molecule has 1 aromatic carbocycles. The van der Waals surface area contributed by atoms with Crippen molar-refractivity contribution in [3.63, 3.8) is 0 Å². The van der Waals surface area contributed by atoms with E-state index in [0.29, 0.717) is 5.46 Å². The Labute approximate surface area is 74.4 Å². The summed E-state index contributed by atoms with van der Waals surface area (Å²) in [5, 5.41) is 0. The minimum Gasteiger partial charge on any atom is -0.412 e. The molecule has 0 bridgehead atoms. The van der Waals surface area contributed by atoms with E-state index in [-0.39, 0.29) is 11.0 Å². The van der Waals surface area contributed by atoms with Gasteiger partial charge in [0.25, 0.3) is 0 Å². The van der Waals surface area contributed by atoms with Crippen molar-refractivity contribution >= 4 is 13.3 Å². The van der Waals surface area contributed by atoms with Gasteiger partial charge in [0.15, 0.2) is 0 Å². The maximum atomic E-state index is 11.9. The van der Waals surface area contributed by atoms with E-state index in [2.05, 4.69) is 0 Å². The molecule has 13 heavy (non-hydrogen) atoms. The Morgan fingerprint density at radius 3 is 1.62 bits per heavy atom. The summed E-state index contributed by atoms with van der Waals surface area (Å²) in [5.74, 6) is 0. The molecule has 0 heterocycles. The quantitative estimate of drug-likeness (QED) is 0.513. The van der Waals surface area contributed by atoms with E-state index in [1.807, 2.05) is 0 Å². The molecule has 0 aromatic heterocycles. The van der Waals surface area contributed by atoms with Crippen molar-refractivity contribution in [2.45, 2.75) is 6.18 Å². The molecule has 1 aromatic rings. The second-order valence-electron chi connectivity index (χ2n) is 2.12. The van der Waals surface area contributed by atoms with Crippen molar-refractivity contribution in [3.05, 3.63) is 29.8 Å². The predicted molar refractivity (Wildman–Crippen MR) is 44.1 cm³/mol. The highest BCUT2D eigenvalue weighted by Gasteiger charge is 2.29. The average molecular weight is 192 g/mol. The summed E-state index contributed by atoms with van der Waals surface area (Å²) < 4.78 is 35.6. The highest BCUT2D eigenvalue weighted by molar-refractivity contribution is 6.32. The maximum Gasteiger partial charge on any atom is 0.416 e. The monoisotopic (exact) mass is 192 g/mol. The van der Waals surface area contributed by atoms with Crippen LogP contribution < -0.4 is 5.46 Å². The predicted octanol–water partition coefficient (Wildman–Crippen LogP) is -0.150. The van der Waals surface area contributed by atoms with E-state index in [0.717, 1.165) is 12.1 Å². The van der Waals surface area contributed by atoms with Gasteiger partial charge in [-0.05, 0) is 0 Å². The number of rotatable bonds is 0. The summed E-state index contributed by atoms with van der Waals surface area (Å²) >= 11 is 0. The molecule has 0 aliphatic carbocycles. The van der Waals surface area contributed by atoms with Crippen LogP contribution in [-0.2, 0) is 6.18 Å². The van der Waals surface area contributed by atoms with Crippen LogP contribution in [0, 0.1) is 0 Å². The molecule has 0 amide bonds. The lowest BCUT2D eigenvalue weighted by Crippen LogP contribution is -2.08. The van der Waals surface area contributed by atoms with E-state index in [1.54, 1.807) is 0 Å². The van der Waals surface area contributed by atoms with E-state index in [1.165, 1.54) is 12.1 Å². The fraction of sp³-hybridized carbons (Fsp3) is 0.143. The SMILES string of the molecule is O.O.[B]c1ccc(C(F)(F)F)cc1. The largest absolute Gasteiger partial charge is 0.416 e. The Balaban J connectivity index is 0.